The predicted octanol–water partition coefficient (Wildman–Crippen LogP) is 4.37. The molecule has 0 saturated carbocycles. The van der Waals surface area contributed by atoms with Crippen molar-refractivity contribution < 1.29 is 9.53 Å². The largest absolute Gasteiger partial charge is 0.374 e. The highest BCUT2D eigenvalue weighted by molar-refractivity contribution is 6.03. The van der Waals surface area contributed by atoms with Crippen LogP contribution in [0.4, 0.5) is 5.69 Å². The summed E-state index contributed by atoms with van der Waals surface area (Å²) in [5, 5.41) is 11.8. The molecule has 2 aromatic rings. The monoisotopic (exact) mass is 364 g/mol. The van der Waals surface area contributed by atoms with Crippen LogP contribution in [0.25, 0.3) is 5.57 Å². The van der Waals surface area contributed by atoms with E-state index < -0.39 is 5.60 Å². The predicted molar refractivity (Wildman–Crippen MR) is 104 cm³/mol. The Kier molecular flexibility index (Phi) is 5.43. The SMILES string of the molecule is COC(C)(C)c1ccc(NC(=O)c2ncc(C#N)[nH]2)c(C2=CCCCC2)c1. The Balaban J connectivity index is 1.97. The van der Waals surface area contributed by atoms with E-state index in [1.807, 2.05) is 32.0 Å². The maximum absolute atomic E-state index is 12.6. The van der Waals surface area contributed by atoms with Crippen molar-refractivity contribution in [2.24, 2.45) is 0 Å². The van der Waals surface area contributed by atoms with Crippen molar-refractivity contribution in [2.45, 2.75) is 45.1 Å². The molecule has 1 aliphatic rings. The minimum Gasteiger partial charge on any atom is -0.374 e. The highest BCUT2D eigenvalue weighted by atomic mass is 16.5. The van der Waals surface area contributed by atoms with Gasteiger partial charge in [-0.3, -0.25) is 4.79 Å². The number of H-pyrrole nitrogens is 1. The van der Waals surface area contributed by atoms with Gasteiger partial charge in [-0.2, -0.15) is 5.26 Å². The van der Waals surface area contributed by atoms with Crippen molar-refractivity contribution in [1.82, 2.24) is 9.97 Å². The molecule has 1 aliphatic carbocycles. The van der Waals surface area contributed by atoms with Crippen molar-refractivity contribution in [3.8, 4) is 6.07 Å². The number of anilines is 1. The number of aromatic amines is 1. The number of hydrogen-bond donors (Lipinski definition) is 2. The summed E-state index contributed by atoms with van der Waals surface area (Å²) in [5.41, 5.74) is 3.87. The third kappa shape index (κ3) is 4.09. The number of carbonyl (C=O) groups excluding carboxylic acids is 1. The van der Waals surface area contributed by atoms with E-state index in [0.29, 0.717) is 0 Å². The van der Waals surface area contributed by atoms with E-state index in [-0.39, 0.29) is 17.4 Å². The number of rotatable bonds is 5. The first kappa shape index (κ1) is 18.9. The van der Waals surface area contributed by atoms with Gasteiger partial charge in [-0.15, -0.1) is 0 Å². The first-order chi connectivity index (χ1) is 12.9. The average Bonchev–Trinajstić information content (AvgIpc) is 3.18. The van der Waals surface area contributed by atoms with Gasteiger partial charge in [0.2, 0.25) is 0 Å². The number of benzene rings is 1. The van der Waals surface area contributed by atoms with Crippen LogP contribution in [0.2, 0.25) is 0 Å². The van der Waals surface area contributed by atoms with E-state index >= 15 is 0 Å². The Hall–Kier alpha value is -2.91. The molecule has 1 aromatic heterocycles. The minimum absolute atomic E-state index is 0.122. The highest BCUT2D eigenvalue weighted by Gasteiger charge is 2.23. The summed E-state index contributed by atoms with van der Waals surface area (Å²) in [6.07, 6.45) is 7.96. The summed E-state index contributed by atoms with van der Waals surface area (Å²) in [6.45, 7) is 4.04. The molecular formula is C21H24N4O2. The number of amides is 1. The second-order valence-corrected chi connectivity index (χ2v) is 7.16. The van der Waals surface area contributed by atoms with Gasteiger partial charge in [-0.1, -0.05) is 12.1 Å². The molecule has 140 valence electrons. The zero-order chi connectivity index (χ0) is 19.4. The first-order valence-electron chi connectivity index (χ1n) is 9.10. The number of aromatic nitrogens is 2. The fourth-order valence-electron chi connectivity index (χ4n) is 3.17. The number of ether oxygens (including phenoxy) is 1. The summed E-state index contributed by atoms with van der Waals surface area (Å²) < 4.78 is 5.62. The van der Waals surface area contributed by atoms with Crippen LogP contribution in [-0.2, 0) is 10.3 Å². The number of nitrogens with zero attached hydrogens (tertiary/aromatic N) is 2. The Morgan fingerprint density at radius 2 is 2.19 bits per heavy atom. The maximum atomic E-state index is 12.6. The Bertz CT molecular complexity index is 919. The van der Waals surface area contributed by atoms with Crippen molar-refractivity contribution in [1.29, 1.82) is 5.26 Å². The molecule has 0 fully saturated rings. The molecule has 0 aliphatic heterocycles. The fraction of sp³-hybridized carbons (Fsp3) is 0.381. The summed E-state index contributed by atoms with van der Waals surface area (Å²) in [4.78, 5) is 19.2. The quantitative estimate of drug-likeness (QED) is 0.824. The van der Waals surface area contributed by atoms with Gasteiger partial charge < -0.3 is 15.0 Å². The fourth-order valence-corrected chi connectivity index (χ4v) is 3.17. The number of nitrogens with one attached hydrogen (secondary N) is 2. The van der Waals surface area contributed by atoms with E-state index in [1.165, 1.54) is 18.2 Å². The van der Waals surface area contributed by atoms with E-state index in [4.69, 9.17) is 10.00 Å². The van der Waals surface area contributed by atoms with Crippen LogP contribution < -0.4 is 5.32 Å². The Morgan fingerprint density at radius 1 is 1.37 bits per heavy atom. The van der Waals surface area contributed by atoms with Crippen molar-refractivity contribution in [3.63, 3.8) is 0 Å². The lowest BCUT2D eigenvalue weighted by atomic mass is 9.88. The molecule has 0 atom stereocenters. The van der Waals surface area contributed by atoms with Crippen LogP contribution in [0.1, 0.15) is 67.0 Å². The van der Waals surface area contributed by atoms with Gasteiger partial charge >= 0.3 is 0 Å². The molecular weight excluding hydrogens is 340 g/mol. The van der Waals surface area contributed by atoms with Gasteiger partial charge in [-0.05, 0) is 62.8 Å². The molecule has 2 N–H and O–H groups in total. The first-order valence-corrected chi connectivity index (χ1v) is 9.10. The van der Waals surface area contributed by atoms with E-state index in [0.717, 1.165) is 36.1 Å². The number of imidazole rings is 1. The van der Waals surface area contributed by atoms with Gasteiger partial charge in [0, 0.05) is 18.4 Å². The summed E-state index contributed by atoms with van der Waals surface area (Å²) >= 11 is 0. The maximum Gasteiger partial charge on any atom is 0.291 e. The molecule has 0 spiro atoms. The van der Waals surface area contributed by atoms with Gasteiger partial charge in [-0.25, -0.2) is 4.98 Å². The molecule has 1 heterocycles. The van der Waals surface area contributed by atoms with E-state index in [2.05, 4.69) is 27.4 Å². The lowest BCUT2D eigenvalue weighted by molar-refractivity contribution is 0.0192. The topological polar surface area (TPSA) is 90.8 Å². The number of methoxy groups -OCH3 is 1. The third-order valence-electron chi connectivity index (χ3n) is 5.02. The van der Waals surface area contributed by atoms with Gasteiger partial charge in [0.1, 0.15) is 11.8 Å². The zero-order valence-electron chi connectivity index (χ0n) is 15.9. The smallest absolute Gasteiger partial charge is 0.291 e. The lowest BCUT2D eigenvalue weighted by Crippen LogP contribution is -2.20. The number of nitriles is 1. The average molecular weight is 364 g/mol. The number of allylic oxidation sites excluding steroid dienone is 2. The molecule has 0 bridgehead atoms. The molecule has 1 aromatic carbocycles. The van der Waals surface area contributed by atoms with Gasteiger partial charge in [0.25, 0.3) is 5.91 Å². The molecule has 1 amide bonds. The van der Waals surface area contributed by atoms with Crippen molar-refractivity contribution >= 4 is 17.2 Å². The third-order valence-corrected chi connectivity index (χ3v) is 5.02. The second kappa shape index (κ2) is 7.77. The molecule has 0 radical (unpaired) electrons. The van der Waals surface area contributed by atoms with Crippen molar-refractivity contribution in [2.75, 3.05) is 12.4 Å². The van der Waals surface area contributed by atoms with Crippen LogP contribution in [0, 0.1) is 11.3 Å². The van der Waals surface area contributed by atoms with Crippen LogP contribution in [0.3, 0.4) is 0 Å². The van der Waals surface area contributed by atoms with E-state index in [9.17, 15) is 4.79 Å². The Morgan fingerprint density at radius 3 is 2.81 bits per heavy atom. The minimum atomic E-state index is -0.421. The van der Waals surface area contributed by atoms with Crippen LogP contribution in [0.5, 0.6) is 0 Å². The second-order valence-electron chi connectivity index (χ2n) is 7.16. The van der Waals surface area contributed by atoms with Gasteiger partial charge in [0.15, 0.2) is 5.82 Å². The lowest BCUT2D eigenvalue weighted by Gasteiger charge is -2.26. The summed E-state index contributed by atoms with van der Waals surface area (Å²) in [7, 11) is 1.69. The van der Waals surface area contributed by atoms with Crippen LogP contribution >= 0.6 is 0 Å². The molecule has 6 heteroatoms. The van der Waals surface area contributed by atoms with Gasteiger partial charge in [0.05, 0.1) is 11.8 Å². The normalized spacial score (nSPS) is 14.4. The van der Waals surface area contributed by atoms with Crippen molar-refractivity contribution in [3.05, 3.63) is 53.1 Å². The standard InChI is InChI=1S/C21H24N4O2/c1-21(2,27-3)15-9-10-18(17(11-15)14-7-5-4-6-8-14)25-20(26)19-23-13-16(12-22)24-19/h7,9-11,13H,4-6,8H2,1-3H3,(H,23,24)(H,25,26). The van der Waals surface area contributed by atoms with Crippen LogP contribution in [-0.4, -0.2) is 23.0 Å². The summed E-state index contributed by atoms with van der Waals surface area (Å²) in [5.74, 6) is -0.246. The highest BCUT2D eigenvalue weighted by Crippen LogP contribution is 2.35. The molecule has 6 nitrogen and oxygen atoms in total. The number of hydrogen-bond acceptors (Lipinski definition) is 4. The number of carbonyl (C=O) groups is 1. The molecule has 27 heavy (non-hydrogen) atoms. The Labute approximate surface area is 159 Å². The molecule has 0 unspecified atom stereocenters. The van der Waals surface area contributed by atoms with Crippen LogP contribution in [0.15, 0.2) is 30.5 Å². The van der Waals surface area contributed by atoms with E-state index in [1.54, 1.807) is 7.11 Å². The molecule has 0 saturated heterocycles. The molecule has 3 rings (SSSR count). The zero-order valence-corrected chi connectivity index (χ0v) is 15.9. The summed E-state index contributed by atoms with van der Waals surface area (Å²) in [6, 6.07) is 7.91.